The SMILES string of the molecule is CCc1c(C)c(CC)c(CC)c(C)c1CC.O=[P+](O)O. The summed E-state index contributed by atoms with van der Waals surface area (Å²) in [7, 11) is -2.87. The van der Waals surface area contributed by atoms with Crippen LogP contribution in [0.3, 0.4) is 0 Å². The molecular formula is C16H28O3P+. The lowest BCUT2D eigenvalue weighted by molar-refractivity contribution is 0.405. The van der Waals surface area contributed by atoms with Crippen molar-refractivity contribution in [2.45, 2.75) is 67.2 Å². The molecule has 0 aliphatic heterocycles. The number of hydrogen-bond donors (Lipinski definition) is 2. The third-order valence-corrected chi connectivity index (χ3v) is 3.95. The Kier molecular flexibility index (Phi) is 8.88. The largest absolute Gasteiger partial charge is 0.692 e. The van der Waals surface area contributed by atoms with E-state index in [1.54, 1.807) is 33.4 Å². The van der Waals surface area contributed by atoms with Gasteiger partial charge in [-0.1, -0.05) is 27.7 Å². The van der Waals surface area contributed by atoms with Crippen molar-refractivity contribution in [2.24, 2.45) is 0 Å². The Hall–Kier alpha value is -0.760. The quantitative estimate of drug-likeness (QED) is 0.820. The van der Waals surface area contributed by atoms with Crippen molar-refractivity contribution in [3.05, 3.63) is 33.4 Å². The number of rotatable bonds is 4. The van der Waals surface area contributed by atoms with Gasteiger partial charge in [-0.25, -0.2) is 0 Å². The molecule has 0 aliphatic carbocycles. The summed E-state index contributed by atoms with van der Waals surface area (Å²) in [6.45, 7) is 13.8. The standard InChI is InChI=1S/C16H26.HO3P/c1-7-13-11(5)15(9-3)16(10-4)12(6)14(13)8-2;1-4(2)3/h7-10H2,1-6H3;(H-,1,2,3)/p+1. The van der Waals surface area contributed by atoms with E-state index in [2.05, 4.69) is 41.5 Å². The summed E-state index contributed by atoms with van der Waals surface area (Å²) in [4.78, 5) is 14.2. The fourth-order valence-electron chi connectivity index (χ4n) is 3.18. The van der Waals surface area contributed by atoms with Gasteiger partial charge in [-0.15, -0.1) is 9.79 Å². The van der Waals surface area contributed by atoms with Crippen LogP contribution in [0.15, 0.2) is 0 Å². The molecule has 0 radical (unpaired) electrons. The second-order valence-corrected chi connectivity index (χ2v) is 5.34. The Morgan fingerprint density at radius 3 is 0.950 bits per heavy atom. The normalized spacial score (nSPS) is 10.0. The predicted molar refractivity (Wildman–Crippen MR) is 85.5 cm³/mol. The van der Waals surface area contributed by atoms with Crippen LogP contribution in [-0.4, -0.2) is 9.79 Å². The van der Waals surface area contributed by atoms with Gasteiger partial charge in [-0.05, 0) is 72.9 Å². The minimum atomic E-state index is -2.87. The van der Waals surface area contributed by atoms with Crippen LogP contribution in [0.4, 0.5) is 0 Å². The van der Waals surface area contributed by atoms with Crippen LogP contribution in [0.25, 0.3) is 0 Å². The molecule has 0 fully saturated rings. The molecule has 1 aromatic carbocycles. The van der Waals surface area contributed by atoms with Crippen LogP contribution in [0.5, 0.6) is 0 Å². The first kappa shape index (κ1) is 19.2. The average Bonchev–Trinajstić information content (AvgIpc) is 2.39. The number of benzene rings is 1. The summed E-state index contributed by atoms with van der Waals surface area (Å²) in [6, 6.07) is 0. The Morgan fingerprint density at radius 1 is 0.700 bits per heavy atom. The van der Waals surface area contributed by atoms with Crippen LogP contribution in [0, 0.1) is 13.8 Å². The Labute approximate surface area is 124 Å². The first-order valence-corrected chi connectivity index (χ1v) is 8.49. The van der Waals surface area contributed by atoms with Crippen molar-refractivity contribution >= 4 is 8.25 Å². The van der Waals surface area contributed by atoms with Gasteiger partial charge in [0.1, 0.15) is 0 Å². The molecule has 2 N–H and O–H groups in total. The third-order valence-electron chi connectivity index (χ3n) is 3.95. The maximum atomic E-state index is 8.70. The molecule has 0 aromatic heterocycles. The molecule has 0 saturated carbocycles. The zero-order valence-corrected chi connectivity index (χ0v) is 14.5. The maximum absolute atomic E-state index is 8.70. The van der Waals surface area contributed by atoms with Crippen molar-refractivity contribution in [1.29, 1.82) is 0 Å². The monoisotopic (exact) mass is 299 g/mol. The second-order valence-electron chi connectivity index (χ2n) is 4.83. The van der Waals surface area contributed by atoms with Crippen LogP contribution < -0.4 is 0 Å². The zero-order valence-electron chi connectivity index (χ0n) is 13.6. The highest BCUT2D eigenvalue weighted by atomic mass is 31.1. The van der Waals surface area contributed by atoms with Gasteiger partial charge in [0.15, 0.2) is 0 Å². The maximum Gasteiger partial charge on any atom is 0.692 e. The Morgan fingerprint density at radius 2 is 0.850 bits per heavy atom. The van der Waals surface area contributed by atoms with Crippen LogP contribution in [0.2, 0.25) is 0 Å². The van der Waals surface area contributed by atoms with E-state index in [9.17, 15) is 0 Å². The molecule has 20 heavy (non-hydrogen) atoms. The lowest BCUT2D eigenvalue weighted by atomic mass is 9.84. The molecule has 0 unspecified atom stereocenters. The van der Waals surface area contributed by atoms with Gasteiger partial charge in [0.05, 0.1) is 0 Å². The molecule has 4 heteroatoms. The van der Waals surface area contributed by atoms with Gasteiger partial charge in [0, 0.05) is 4.57 Å². The topological polar surface area (TPSA) is 57.5 Å². The second kappa shape index (κ2) is 9.23. The van der Waals surface area contributed by atoms with E-state index in [-0.39, 0.29) is 0 Å². The van der Waals surface area contributed by atoms with Crippen LogP contribution in [-0.2, 0) is 30.2 Å². The van der Waals surface area contributed by atoms with Crippen molar-refractivity contribution in [3.63, 3.8) is 0 Å². The molecule has 0 amide bonds. The van der Waals surface area contributed by atoms with E-state index in [1.165, 1.54) is 25.7 Å². The summed E-state index contributed by atoms with van der Waals surface area (Å²) in [6.07, 6.45) is 4.69. The summed E-state index contributed by atoms with van der Waals surface area (Å²) in [5.41, 5.74) is 9.54. The van der Waals surface area contributed by atoms with Crippen molar-refractivity contribution < 1.29 is 14.4 Å². The van der Waals surface area contributed by atoms with Crippen LogP contribution >= 0.6 is 8.25 Å². The van der Waals surface area contributed by atoms with Gasteiger partial charge in [-0.3, -0.25) is 0 Å². The summed E-state index contributed by atoms with van der Waals surface area (Å²) in [5.74, 6) is 0. The van der Waals surface area contributed by atoms with E-state index in [0.717, 1.165) is 0 Å². The highest BCUT2D eigenvalue weighted by Gasteiger charge is 2.15. The van der Waals surface area contributed by atoms with Crippen molar-refractivity contribution in [2.75, 3.05) is 0 Å². The number of hydrogen-bond acceptors (Lipinski definition) is 1. The van der Waals surface area contributed by atoms with Gasteiger partial charge in [-0.2, -0.15) is 0 Å². The fraction of sp³-hybridized carbons (Fsp3) is 0.625. The molecule has 1 rings (SSSR count). The van der Waals surface area contributed by atoms with E-state index < -0.39 is 8.25 Å². The average molecular weight is 299 g/mol. The first-order valence-electron chi connectivity index (χ1n) is 7.33. The molecule has 3 nitrogen and oxygen atoms in total. The minimum Gasteiger partial charge on any atom is -0.134 e. The van der Waals surface area contributed by atoms with Gasteiger partial charge >= 0.3 is 8.25 Å². The summed E-state index contributed by atoms with van der Waals surface area (Å²) < 4.78 is 8.70. The highest BCUT2D eigenvalue weighted by molar-refractivity contribution is 7.30. The van der Waals surface area contributed by atoms with E-state index in [0.29, 0.717) is 0 Å². The van der Waals surface area contributed by atoms with Gasteiger partial charge < -0.3 is 0 Å². The predicted octanol–water partition coefficient (Wildman–Crippen LogP) is 4.18. The molecule has 1 aromatic rings. The summed E-state index contributed by atoms with van der Waals surface area (Å²) >= 11 is 0. The smallest absolute Gasteiger partial charge is 0.134 e. The van der Waals surface area contributed by atoms with Gasteiger partial charge in [0.2, 0.25) is 0 Å². The highest BCUT2D eigenvalue weighted by Crippen LogP contribution is 2.29. The van der Waals surface area contributed by atoms with E-state index in [1.807, 2.05) is 0 Å². The van der Waals surface area contributed by atoms with Gasteiger partial charge in [0.25, 0.3) is 0 Å². The molecule has 0 heterocycles. The first-order chi connectivity index (χ1) is 9.35. The van der Waals surface area contributed by atoms with Crippen molar-refractivity contribution in [3.8, 4) is 0 Å². The van der Waals surface area contributed by atoms with Crippen molar-refractivity contribution in [1.82, 2.24) is 0 Å². The van der Waals surface area contributed by atoms with E-state index in [4.69, 9.17) is 14.4 Å². The molecule has 114 valence electrons. The lowest BCUT2D eigenvalue weighted by Crippen LogP contribution is -2.08. The van der Waals surface area contributed by atoms with Crippen LogP contribution in [0.1, 0.15) is 61.1 Å². The minimum absolute atomic E-state index is 1.17. The Bertz CT molecular complexity index is 393. The molecule has 0 atom stereocenters. The molecule has 0 spiro atoms. The molecule has 0 aliphatic rings. The molecule has 0 saturated heterocycles. The third kappa shape index (κ3) is 4.66. The van der Waals surface area contributed by atoms with E-state index >= 15 is 0 Å². The summed E-state index contributed by atoms with van der Waals surface area (Å²) in [5, 5.41) is 0. The fourth-order valence-corrected chi connectivity index (χ4v) is 3.18. The zero-order chi connectivity index (χ0) is 15.9. The lowest BCUT2D eigenvalue weighted by Gasteiger charge is -2.22. The Balaban J connectivity index is 0.000000796. The molecular weight excluding hydrogens is 271 g/mol. The molecule has 0 bridgehead atoms.